The largest absolute Gasteiger partial charge is 0.497 e. The molecule has 7 nitrogen and oxygen atoms in total. The molecule has 4 aromatic rings. The van der Waals surface area contributed by atoms with E-state index in [9.17, 15) is 9.59 Å². The molecular formula is C30H29ClN2O5S. The molecule has 0 N–H and O–H groups in total. The van der Waals surface area contributed by atoms with E-state index < -0.39 is 0 Å². The first kappa shape index (κ1) is 26.8. The third kappa shape index (κ3) is 6.13. The molecule has 39 heavy (non-hydrogen) atoms. The maximum absolute atomic E-state index is 13.8. The highest BCUT2D eigenvalue weighted by Gasteiger charge is 2.34. The fourth-order valence-electron chi connectivity index (χ4n) is 4.72. The van der Waals surface area contributed by atoms with E-state index in [0.29, 0.717) is 41.0 Å². The van der Waals surface area contributed by atoms with Gasteiger partial charge in [0, 0.05) is 22.0 Å². The SMILES string of the molecule is COc1ccc(C(=O)N(CC(=O)N2CCc3sccc3[C@H]2COc2ccc(Cl)c(C)c2)Cc2ccco2)cc1. The summed E-state index contributed by atoms with van der Waals surface area (Å²) in [5.74, 6) is 1.53. The number of nitrogens with zero attached hydrogens (tertiary/aromatic N) is 2. The number of thiophene rings is 1. The molecule has 0 saturated carbocycles. The smallest absolute Gasteiger partial charge is 0.254 e. The topological polar surface area (TPSA) is 72.2 Å². The van der Waals surface area contributed by atoms with E-state index >= 15 is 0 Å². The lowest BCUT2D eigenvalue weighted by molar-refractivity contribution is -0.135. The number of aryl methyl sites for hydroxylation is 1. The van der Waals surface area contributed by atoms with Gasteiger partial charge in [0.2, 0.25) is 5.91 Å². The van der Waals surface area contributed by atoms with Gasteiger partial charge in [-0.1, -0.05) is 11.6 Å². The molecule has 1 aliphatic rings. The second kappa shape index (κ2) is 12.0. The summed E-state index contributed by atoms with van der Waals surface area (Å²) >= 11 is 7.87. The van der Waals surface area contributed by atoms with Crippen molar-refractivity contribution in [2.45, 2.75) is 25.9 Å². The number of benzene rings is 2. The number of furan rings is 1. The number of rotatable bonds is 9. The van der Waals surface area contributed by atoms with Gasteiger partial charge in [-0.25, -0.2) is 0 Å². The van der Waals surface area contributed by atoms with E-state index in [1.807, 2.05) is 30.0 Å². The molecule has 2 amide bonds. The molecule has 0 spiro atoms. The minimum Gasteiger partial charge on any atom is -0.497 e. The van der Waals surface area contributed by atoms with Crippen molar-refractivity contribution in [3.8, 4) is 11.5 Å². The fourth-order valence-corrected chi connectivity index (χ4v) is 5.76. The summed E-state index contributed by atoms with van der Waals surface area (Å²) in [5.41, 5.74) is 2.48. The second-order valence-corrected chi connectivity index (χ2v) is 10.8. The highest BCUT2D eigenvalue weighted by molar-refractivity contribution is 7.10. The zero-order valence-corrected chi connectivity index (χ0v) is 23.3. The lowest BCUT2D eigenvalue weighted by Crippen LogP contribution is -2.47. The van der Waals surface area contributed by atoms with Gasteiger partial charge in [0.1, 0.15) is 30.4 Å². The maximum Gasteiger partial charge on any atom is 0.254 e. The number of ether oxygens (including phenoxy) is 2. The van der Waals surface area contributed by atoms with Crippen LogP contribution in [0.4, 0.5) is 0 Å². The van der Waals surface area contributed by atoms with Crippen molar-refractivity contribution in [1.82, 2.24) is 9.80 Å². The zero-order valence-electron chi connectivity index (χ0n) is 21.8. The van der Waals surface area contributed by atoms with Crippen molar-refractivity contribution in [1.29, 1.82) is 0 Å². The van der Waals surface area contributed by atoms with E-state index in [1.165, 1.54) is 9.78 Å². The molecular weight excluding hydrogens is 536 g/mol. The highest BCUT2D eigenvalue weighted by Crippen LogP contribution is 2.34. The predicted octanol–water partition coefficient (Wildman–Crippen LogP) is 6.16. The number of hydrogen-bond donors (Lipinski definition) is 0. The van der Waals surface area contributed by atoms with Crippen LogP contribution in [0.25, 0.3) is 0 Å². The molecule has 2 aromatic carbocycles. The Morgan fingerprint density at radius 3 is 2.64 bits per heavy atom. The second-order valence-electron chi connectivity index (χ2n) is 9.34. The number of methoxy groups -OCH3 is 1. The van der Waals surface area contributed by atoms with Crippen molar-refractivity contribution in [3.63, 3.8) is 0 Å². The molecule has 0 fully saturated rings. The van der Waals surface area contributed by atoms with Crippen LogP contribution in [0.3, 0.4) is 0 Å². The predicted molar refractivity (Wildman–Crippen MR) is 151 cm³/mol. The van der Waals surface area contributed by atoms with Crippen LogP contribution in [-0.2, 0) is 17.8 Å². The first-order valence-corrected chi connectivity index (χ1v) is 13.9. The molecule has 0 unspecified atom stereocenters. The third-order valence-corrected chi connectivity index (χ3v) is 8.25. The van der Waals surface area contributed by atoms with Crippen LogP contribution in [0.1, 0.15) is 38.2 Å². The lowest BCUT2D eigenvalue weighted by atomic mass is 10.00. The van der Waals surface area contributed by atoms with Crippen LogP contribution in [0.2, 0.25) is 5.02 Å². The fraction of sp³-hybridized carbons (Fsp3) is 0.267. The monoisotopic (exact) mass is 564 g/mol. The molecule has 5 rings (SSSR count). The minimum absolute atomic E-state index is 0.0956. The molecule has 1 atom stereocenters. The summed E-state index contributed by atoms with van der Waals surface area (Å²) in [6.07, 6.45) is 2.32. The van der Waals surface area contributed by atoms with Gasteiger partial charge in [-0.15, -0.1) is 11.3 Å². The average molecular weight is 565 g/mol. The molecule has 1 aliphatic heterocycles. The minimum atomic E-state index is -0.273. The lowest BCUT2D eigenvalue weighted by Gasteiger charge is -2.37. The van der Waals surface area contributed by atoms with E-state index in [0.717, 1.165) is 17.5 Å². The van der Waals surface area contributed by atoms with Crippen LogP contribution in [0.5, 0.6) is 11.5 Å². The Morgan fingerprint density at radius 2 is 1.92 bits per heavy atom. The van der Waals surface area contributed by atoms with Gasteiger partial charge in [0.05, 0.1) is 26.0 Å². The Morgan fingerprint density at radius 1 is 1.13 bits per heavy atom. The first-order chi connectivity index (χ1) is 18.9. The van der Waals surface area contributed by atoms with Crippen molar-refractivity contribution in [2.24, 2.45) is 0 Å². The summed E-state index contributed by atoms with van der Waals surface area (Å²) in [4.78, 5) is 32.0. The molecule has 0 radical (unpaired) electrons. The Bertz CT molecular complexity index is 1430. The summed E-state index contributed by atoms with van der Waals surface area (Å²) in [7, 11) is 1.57. The zero-order chi connectivity index (χ0) is 27.4. The summed E-state index contributed by atoms with van der Waals surface area (Å²) in [6.45, 7) is 2.84. The van der Waals surface area contributed by atoms with Crippen LogP contribution >= 0.6 is 22.9 Å². The number of carbonyl (C=O) groups excluding carboxylic acids is 2. The Labute approximate surface area is 236 Å². The number of halogens is 1. The van der Waals surface area contributed by atoms with Crippen molar-refractivity contribution in [2.75, 3.05) is 26.8 Å². The summed E-state index contributed by atoms with van der Waals surface area (Å²) in [6, 6.07) is 17.7. The molecule has 202 valence electrons. The summed E-state index contributed by atoms with van der Waals surface area (Å²) < 4.78 is 16.9. The van der Waals surface area contributed by atoms with Gasteiger partial charge < -0.3 is 23.7 Å². The number of fused-ring (bicyclic) bond motifs is 1. The van der Waals surface area contributed by atoms with Gasteiger partial charge in [0.15, 0.2) is 0 Å². The van der Waals surface area contributed by atoms with Crippen LogP contribution < -0.4 is 9.47 Å². The van der Waals surface area contributed by atoms with Gasteiger partial charge >= 0.3 is 0 Å². The average Bonchev–Trinajstić information content (AvgIpc) is 3.65. The normalized spacial score (nSPS) is 14.5. The van der Waals surface area contributed by atoms with Gasteiger partial charge in [-0.2, -0.15) is 0 Å². The quantitative estimate of drug-likeness (QED) is 0.243. The maximum atomic E-state index is 13.8. The van der Waals surface area contributed by atoms with E-state index in [4.69, 9.17) is 25.5 Å². The first-order valence-electron chi connectivity index (χ1n) is 12.6. The van der Waals surface area contributed by atoms with Crippen molar-refractivity contribution >= 4 is 34.8 Å². The molecule has 3 heterocycles. The van der Waals surface area contributed by atoms with Crippen LogP contribution in [0.15, 0.2) is 76.7 Å². The molecule has 0 bridgehead atoms. The highest BCUT2D eigenvalue weighted by atomic mass is 35.5. The van der Waals surface area contributed by atoms with E-state index in [-0.39, 0.29) is 30.9 Å². The van der Waals surface area contributed by atoms with Gasteiger partial charge in [0.25, 0.3) is 5.91 Å². The summed E-state index contributed by atoms with van der Waals surface area (Å²) in [5, 5.41) is 2.73. The Hall–Kier alpha value is -3.75. The van der Waals surface area contributed by atoms with Crippen LogP contribution in [-0.4, -0.2) is 48.4 Å². The standard InChI is InChI=1S/C30H29ClN2O5S/c1-20-16-23(9-10-26(20)31)38-19-27-25-12-15-39-28(25)11-13-33(27)29(34)18-32(17-24-4-3-14-37-24)30(35)21-5-7-22(36-2)8-6-21/h3-10,12,14-16,27H,11,13,17-19H2,1-2H3/t27-/m1/s1. The Kier molecular flexibility index (Phi) is 8.24. The molecule has 2 aromatic heterocycles. The Balaban J connectivity index is 1.37. The van der Waals surface area contributed by atoms with E-state index in [2.05, 4.69) is 11.4 Å². The number of carbonyl (C=O) groups is 2. The van der Waals surface area contributed by atoms with Crippen molar-refractivity contribution < 1.29 is 23.5 Å². The van der Waals surface area contributed by atoms with Gasteiger partial charge in [-0.3, -0.25) is 9.59 Å². The van der Waals surface area contributed by atoms with E-state index in [1.54, 1.807) is 61.1 Å². The number of hydrogen-bond acceptors (Lipinski definition) is 6. The molecule has 0 aliphatic carbocycles. The van der Waals surface area contributed by atoms with Gasteiger partial charge in [-0.05, 0) is 90.5 Å². The van der Waals surface area contributed by atoms with Crippen molar-refractivity contribution in [3.05, 3.63) is 105 Å². The number of amides is 2. The van der Waals surface area contributed by atoms with Crippen LogP contribution in [0, 0.1) is 6.92 Å². The molecule has 0 saturated heterocycles. The molecule has 9 heteroatoms. The third-order valence-electron chi connectivity index (χ3n) is 6.83.